The third-order valence-electron chi connectivity index (χ3n) is 3.28. The molecule has 0 aliphatic heterocycles. The summed E-state index contributed by atoms with van der Waals surface area (Å²) in [6, 6.07) is 14.5. The van der Waals surface area contributed by atoms with Crippen molar-refractivity contribution in [2.45, 2.75) is 24.3 Å². The lowest BCUT2D eigenvalue weighted by Gasteiger charge is -1.98. The Balaban J connectivity index is 1.67. The van der Waals surface area contributed by atoms with Crippen LogP contribution in [0.1, 0.15) is 22.5 Å². The molecule has 0 radical (unpaired) electrons. The van der Waals surface area contributed by atoms with Crippen LogP contribution in [0.2, 0.25) is 0 Å². The van der Waals surface area contributed by atoms with E-state index < -0.39 is 0 Å². The fourth-order valence-corrected chi connectivity index (χ4v) is 3.01. The molecule has 0 atom stereocenters. The van der Waals surface area contributed by atoms with Gasteiger partial charge in [0.25, 0.3) is 0 Å². The van der Waals surface area contributed by atoms with Crippen LogP contribution in [0.4, 0.5) is 0 Å². The number of rotatable bonds is 5. The van der Waals surface area contributed by atoms with Gasteiger partial charge in [-0.1, -0.05) is 48.2 Å². The predicted molar refractivity (Wildman–Crippen MR) is 86.4 cm³/mol. The smallest absolute Gasteiger partial charge is 0.166 e. The van der Waals surface area contributed by atoms with Crippen LogP contribution in [0.25, 0.3) is 0 Å². The van der Waals surface area contributed by atoms with Gasteiger partial charge in [-0.05, 0) is 24.1 Å². The number of hydrogen-bond acceptors (Lipinski definition) is 3. The normalized spacial score (nSPS) is 10.7. The van der Waals surface area contributed by atoms with Gasteiger partial charge in [0, 0.05) is 30.3 Å². The fourth-order valence-electron chi connectivity index (χ4n) is 2.13. The van der Waals surface area contributed by atoms with E-state index in [-0.39, 0.29) is 0 Å². The molecule has 3 nitrogen and oxygen atoms in total. The van der Waals surface area contributed by atoms with Crippen LogP contribution in [0, 0.1) is 6.92 Å². The molecular formula is C17H17N3S. The van der Waals surface area contributed by atoms with Gasteiger partial charge in [0.15, 0.2) is 5.16 Å². The first-order valence-corrected chi connectivity index (χ1v) is 7.91. The minimum atomic E-state index is 0.872. The van der Waals surface area contributed by atoms with Crippen molar-refractivity contribution >= 4 is 11.8 Å². The third-order valence-corrected chi connectivity index (χ3v) is 4.22. The van der Waals surface area contributed by atoms with Crippen molar-refractivity contribution in [2.24, 2.45) is 0 Å². The van der Waals surface area contributed by atoms with E-state index in [2.05, 4.69) is 47.2 Å². The number of imidazole rings is 1. The van der Waals surface area contributed by atoms with Gasteiger partial charge in [0.1, 0.15) is 0 Å². The van der Waals surface area contributed by atoms with Crippen molar-refractivity contribution in [3.05, 3.63) is 77.4 Å². The summed E-state index contributed by atoms with van der Waals surface area (Å²) in [5.74, 6) is 0.881. The Morgan fingerprint density at radius 1 is 1.05 bits per heavy atom. The summed E-state index contributed by atoms with van der Waals surface area (Å²) in [4.78, 5) is 12.2. The number of pyridine rings is 1. The van der Waals surface area contributed by atoms with Gasteiger partial charge < -0.3 is 4.98 Å². The van der Waals surface area contributed by atoms with Gasteiger partial charge in [0.2, 0.25) is 0 Å². The number of hydrogen-bond donors (Lipinski definition) is 1. The average Bonchev–Trinajstić information content (AvgIpc) is 2.87. The summed E-state index contributed by atoms with van der Waals surface area (Å²) in [5.41, 5.74) is 4.76. The average molecular weight is 295 g/mol. The number of aromatic nitrogens is 3. The van der Waals surface area contributed by atoms with Crippen molar-refractivity contribution in [3.8, 4) is 0 Å². The molecule has 3 rings (SSSR count). The lowest BCUT2D eigenvalue weighted by Crippen LogP contribution is -1.90. The second-order valence-corrected chi connectivity index (χ2v) is 5.89. The van der Waals surface area contributed by atoms with E-state index in [9.17, 15) is 0 Å². The number of H-pyrrole nitrogens is 1. The second-order valence-electron chi connectivity index (χ2n) is 4.93. The zero-order valence-electron chi connectivity index (χ0n) is 11.9. The molecular weight excluding hydrogens is 278 g/mol. The number of benzene rings is 1. The highest BCUT2D eigenvalue weighted by Crippen LogP contribution is 2.22. The molecule has 106 valence electrons. The highest BCUT2D eigenvalue weighted by molar-refractivity contribution is 7.98. The minimum absolute atomic E-state index is 0.872. The van der Waals surface area contributed by atoms with E-state index in [0.29, 0.717) is 0 Å². The van der Waals surface area contributed by atoms with Gasteiger partial charge in [0.05, 0.1) is 5.69 Å². The summed E-state index contributed by atoms with van der Waals surface area (Å²) in [7, 11) is 0. The number of nitrogens with one attached hydrogen (secondary N) is 1. The van der Waals surface area contributed by atoms with Crippen LogP contribution in [0.3, 0.4) is 0 Å². The molecule has 0 aliphatic rings. The first kappa shape index (κ1) is 13.9. The fraction of sp³-hybridized carbons (Fsp3) is 0.176. The quantitative estimate of drug-likeness (QED) is 0.723. The van der Waals surface area contributed by atoms with Crippen LogP contribution in [-0.2, 0) is 12.2 Å². The molecule has 0 spiro atoms. The molecule has 4 heteroatoms. The monoisotopic (exact) mass is 295 g/mol. The molecule has 0 fully saturated rings. The minimum Gasteiger partial charge on any atom is -0.337 e. The van der Waals surface area contributed by atoms with E-state index in [1.54, 1.807) is 18.0 Å². The van der Waals surface area contributed by atoms with Crippen molar-refractivity contribution in [1.29, 1.82) is 0 Å². The van der Waals surface area contributed by atoms with E-state index in [1.165, 1.54) is 11.1 Å². The van der Waals surface area contributed by atoms with Crippen molar-refractivity contribution < 1.29 is 0 Å². The van der Waals surface area contributed by atoms with Crippen molar-refractivity contribution in [1.82, 2.24) is 15.0 Å². The highest BCUT2D eigenvalue weighted by atomic mass is 32.2. The molecule has 1 N–H and O–H groups in total. The molecule has 0 aliphatic carbocycles. The van der Waals surface area contributed by atoms with Crippen LogP contribution in [-0.4, -0.2) is 15.0 Å². The second kappa shape index (κ2) is 6.59. The molecule has 0 saturated carbocycles. The third kappa shape index (κ3) is 3.73. The van der Waals surface area contributed by atoms with Gasteiger partial charge in [-0.2, -0.15) is 0 Å². The Morgan fingerprint density at radius 2 is 1.86 bits per heavy atom. The molecule has 0 bridgehead atoms. The molecule has 2 aromatic heterocycles. The Morgan fingerprint density at radius 3 is 2.62 bits per heavy atom. The largest absolute Gasteiger partial charge is 0.337 e. The number of thioether (sulfide) groups is 1. The van der Waals surface area contributed by atoms with Crippen molar-refractivity contribution in [3.63, 3.8) is 0 Å². The Kier molecular flexibility index (Phi) is 4.36. The van der Waals surface area contributed by atoms with Gasteiger partial charge in [-0.3, -0.25) is 4.98 Å². The summed E-state index contributed by atoms with van der Waals surface area (Å²) in [5, 5.41) is 0.974. The number of aryl methyl sites for hydroxylation is 1. The topological polar surface area (TPSA) is 41.6 Å². The molecule has 3 aromatic rings. The number of nitrogens with zero attached hydrogens (tertiary/aromatic N) is 2. The van der Waals surface area contributed by atoms with Crippen LogP contribution >= 0.6 is 11.8 Å². The zero-order valence-corrected chi connectivity index (χ0v) is 12.7. The Hall–Kier alpha value is -2.07. The van der Waals surface area contributed by atoms with Crippen LogP contribution in [0.5, 0.6) is 0 Å². The number of aromatic amines is 1. The molecule has 2 heterocycles. The maximum atomic E-state index is 4.71. The lowest BCUT2D eigenvalue weighted by atomic mass is 10.1. The highest BCUT2D eigenvalue weighted by Gasteiger charge is 2.08. The van der Waals surface area contributed by atoms with Crippen molar-refractivity contribution in [2.75, 3.05) is 0 Å². The molecule has 0 amide bonds. The van der Waals surface area contributed by atoms with Crippen LogP contribution < -0.4 is 0 Å². The van der Waals surface area contributed by atoms with E-state index >= 15 is 0 Å². The first-order chi connectivity index (χ1) is 10.3. The standard InChI is InChI=1S/C17H17N3S/c1-13-16(10-14-6-3-2-4-7-14)20-17(19-13)21-12-15-8-5-9-18-11-15/h2-9,11H,10,12H2,1H3,(H,19,20). The van der Waals surface area contributed by atoms with E-state index in [4.69, 9.17) is 4.98 Å². The Bertz CT molecular complexity index is 693. The maximum absolute atomic E-state index is 4.71. The zero-order chi connectivity index (χ0) is 14.5. The Labute approximate surface area is 128 Å². The summed E-state index contributed by atoms with van der Waals surface area (Å²) in [6.07, 6.45) is 4.56. The SMILES string of the molecule is Cc1[nH]c(SCc2cccnc2)nc1Cc1ccccc1. The maximum Gasteiger partial charge on any atom is 0.166 e. The van der Waals surface area contributed by atoms with E-state index in [0.717, 1.165) is 28.7 Å². The molecule has 0 unspecified atom stereocenters. The van der Waals surface area contributed by atoms with Crippen LogP contribution in [0.15, 0.2) is 60.0 Å². The lowest BCUT2D eigenvalue weighted by molar-refractivity contribution is 1.01. The predicted octanol–water partition coefficient (Wildman–Crippen LogP) is 4.00. The summed E-state index contributed by atoms with van der Waals surface area (Å²) >= 11 is 1.71. The molecule has 1 aromatic carbocycles. The first-order valence-electron chi connectivity index (χ1n) is 6.92. The summed E-state index contributed by atoms with van der Waals surface area (Å²) in [6.45, 7) is 2.08. The molecule has 21 heavy (non-hydrogen) atoms. The van der Waals surface area contributed by atoms with Gasteiger partial charge >= 0.3 is 0 Å². The molecule has 0 saturated heterocycles. The van der Waals surface area contributed by atoms with Gasteiger partial charge in [-0.25, -0.2) is 4.98 Å². The van der Waals surface area contributed by atoms with Gasteiger partial charge in [-0.15, -0.1) is 0 Å². The van der Waals surface area contributed by atoms with E-state index in [1.807, 2.05) is 18.3 Å². The summed E-state index contributed by atoms with van der Waals surface area (Å²) < 4.78 is 0.